The highest BCUT2D eigenvalue weighted by atomic mass is 19.1. The first-order valence-electron chi connectivity index (χ1n) is 5.92. The van der Waals surface area contributed by atoms with E-state index in [-0.39, 0.29) is 0 Å². The Labute approximate surface area is 107 Å². The molecule has 18 heavy (non-hydrogen) atoms. The van der Waals surface area contributed by atoms with E-state index in [1.54, 1.807) is 24.1 Å². The van der Waals surface area contributed by atoms with Gasteiger partial charge in [0.15, 0.2) is 0 Å². The largest absolute Gasteiger partial charge is 0.525 e. The van der Waals surface area contributed by atoms with Crippen molar-refractivity contribution in [3.63, 3.8) is 0 Å². The highest BCUT2D eigenvalue weighted by Crippen LogP contribution is 2.38. The summed E-state index contributed by atoms with van der Waals surface area (Å²) >= 11 is 0. The van der Waals surface area contributed by atoms with E-state index in [1.807, 2.05) is 27.7 Å². The van der Waals surface area contributed by atoms with Gasteiger partial charge < -0.3 is 13.9 Å². The van der Waals surface area contributed by atoms with Crippen molar-refractivity contribution in [2.24, 2.45) is 7.05 Å². The Morgan fingerprint density at radius 1 is 1.33 bits per heavy atom. The molecule has 0 radical (unpaired) electrons. The summed E-state index contributed by atoms with van der Waals surface area (Å²) in [6.45, 7) is 7.57. The molecule has 1 aromatic rings. The van der Waals surface area contributed by atoms with Crippen LogP contribution < -0.4 is 0 Å². The Morgan fingerprint density at radius 2 is 1.89 bits per heavy atom. The zero-order valence-electron chi connectivity index (χ0n) is 11.4. The first kappa shape index (κ1) is 13.3. The number of aryl methyl sites for hydroxylation is 1. The number of nitrogens with zero attached hydrogens (tertiary/aromatic N) is 2. The lowest BCUT2D eigenvalue weighted by atomic mass is 9.87. The fourth-order valence-corrected chi connectivity index (χ4v) is 1.67. The van der Waals surface area contributed by atoms with Crippen LogP contribution in [0.2, 0.25) is 0 Å². The topological polar surface area (TPSA) is 36.3 Å². The molecule has 98 valence electrons. The fraction of sp³-hybridized carbons (Fsp3) is 0.583. The average molecular weight is 252 g/mol. The highest BCUT2D eigenvalue weighted by molar-refractivity contribution is 6.54. The highest BCUT2D eigenvalue weighted by Gasteiger charge is 2.53. The van der Waals surface area contributed by atoms with Gasteiger partial charge >= 0.3 is 7.12 Å². The monoisotopic (exact) mass is 252 g/mol. The van der Waals surface area contributed by atoms with Crippen LogP contribution in [-0.2, 0) is 16.4 Å². The van der Waals surface area contributed by atoms with Crippen molar-refractivity contribution in [1.29, 1.82) is 0 Å². The molecule has 1 aromatic heterocycles. The lowest BCUT2D eigenvalue weighted by Gasteiger charge is -2.32. The first-order valence-corrected chi connectivity index (χ1v) is 5.92. The third kappa shape index (κ3) is 2.22. The number of rotatable bonds is 2. The van der Waals surface area contributed by atoms with E-state index in [9.17, 15) is 4.39 Å². The third-order valence-electron chi connectivity index (χ3n) is 3.62. The maximum Gasteiger partial charge on any atom is 0.525 e. The lowest BCUT2D eigenvalue weighted by molar-refractivity contribution is 0.00578. The average Bonchev–Trinajstić information content (AvgIpc) is 2.70. The molecule has 1 fully saturated rings. The Balaban J connectivity index is 2.20. The first-order chi connectivity index (χ1) is 8.23. The predicted molar refractivity (Wildman–Crippen MR) is 68.4 cm³/mol. The van der Waals surface area contributed by atoms with Crippen molar-refractivity contribution in [2.45, 2.75) is 38.9 Å². The van der Waals surface area contributed by atoms with Gasteiger partial charge in [-0.3, -0.25) is 0 Å². The van der Waals surface area contributed by atoms with Crippen LogP contribution in [0.4, 0.5) is 4.39 Å². The summed E-state index contributed by atoms with van der Waals surface area (Å²) in [6, 6.07) is 0. The summed E-state index contributed by atoms with van der Waals surface area (Å²) in [6.07, 6.45) is 4.59. The van der Waals surface area contributed by atoms with Crippen molar-refractivity contribution in [3.8, 4) is 0 Å². The molecule has 0 aromatic carbocycles. The van der Waals surface area contributed by atoms with E-state index < -0.39 is 24.0 Å². The van der Waals surface area contributed by atoms with Crippen molar-refractivity contribution in [2.75, 3.05) is 0 Å². The number of hydrogen-bond acceptors (Lipinski definition) is 3. The quantitative estimate of drug-likeness (QED) is 0.758. The van der Waals surface area contributed by atoms with Gasteiger partial charge in [-0.05, 0) is 33.8 Å². The minimum Gasteiger partial charge on any atom is -0.398 e. The summed E-state index contributed by atoms with van der Waals surface area (Å²) in [7, 11) is 0.848. The normalized spacial score (nSPS) is 22.6. The van der Waals surface area contributed by atoms with Crippen molar-refractivity contribution >= 4 is 13.2 Å². The van der Waals surface area contributed by atoms with Crippen molar-refractivity contribution < 1.29 is 13.7 Å². The van der Waals surface area contributed by atoms with Crippen LogP contribution in [-0.4, -0.2) is 27.9 Å². The van der Waals surface area contributed by atoms with Crippen LogP contribution in [0.3, 0.4) is 0 Å². The molecule has 6 heteroatoms. The molecule has 1 aliphatic heterocycles. The zero-order valence-corrected chi connectivity index (χ0v) is 11.4. The zero-order chi connectivity index (χ0) is 13.6. The standard InChI is InChI=1S/C12H18BFN2O2/c1-11(2)12(3,4)18-13(17-11)10(14)6-9-7-15-8-16(9)5/h6-8H,1-5H3. The number of hydrogen-bond donors (Lipinski definition) is 0. The lowest BCUT2D eigenvalue weighted by Crippen LogP contribution is -2.41. The van der Waals surface area contributed by atoms with Gasteiger partial charge in [0, 0.05) is 7.05 Å². The van der Waals surface area contributed by atoms with E-state index >= 15 is 0 Å². The molecular formula is C12H18BFN2O2. The molecule has 1 saturated heterocycles. The summed E-state index contributed by atoms with van der Waals surface area (Å²) in [5, 5.41) is 0. The van der Waals surface area contributed by atoms with Gasteiger partial charge in [0.05, 0.1) is 29.4 Å². The number of imidazole rings is 1. The molecule has 0 unspecified atom stereocenters. The molecule has 0 bridgehead atoms. The molecular weight excluding hydrogens is 234 g/mol. The summed E-state index contributed by atoms with van der Waals surface area (Å²) in [5.41, 5.74) is -0.843. The SMILES string of the molecule is Cn1cncc1C=C(F)B1OC(C)(C)C(C)(C)O1. The molecule has 0 amide bonds. The third-order valence-corrected chi connectivity index (χ3v) is 3.62. The van der Waals surface area contributed by atoms with Crippen molar-refractivity contribution in [1.82, 2.24) is 9.55 Å². The van der Waals surface area contributed by atoms with E-state index in [2.05, 4.69) is 4.98 Å². The Kier molecular flexibility index (Phi) is 3.11. The second-order valence-corrected chi connectivity index (χ2v) is 5.55. The van der Waals surface area contributed by atoms with Crippen LogP contribution >= 0.6 is 0 Å². The Hall–Kier alpha value is -1.14. The molecule has 0 saturated carbocycles. The molecule has 0 N–H and O–H groups in total. The minimum absolute atomic E-state index is 0.447. The van der Waals surface area contributed by atoms with Crippen molar-refractivity contribution in [3.05, 3.63) is 23.9 Å². The Morgan fingerprint density at radius 3 is 2.33 bits per heavy atom. The van der Waals surface area contributed by atoms with Gasteiger partial charge in [-0.15, -0.1) is 0 Å². The van der Waals surface area contributed by atoms with E-state index in [4.69, 9.17) is 9.31 Å². The molecule has 2 rings (SSSR count). The minimum atomic E-state index is -0.954. The molecule has 4 nitrogen and oxygen atoms in total. The van der Waals surface area contributed by atoms with Gasteiger partial charge in [0.25, 0.3) is 0 Å². The molecule has 0 atom stereocenters. The molecule has 0 spiro atoms. The van der Waals surface area contributed by atoms with Crippen LogP contribution in [0.15, 0.2) is 18.3 Å². The molecule has 2 heterocycles. The summed E-state index contributed by atoms with van der Waals surface area (Å²) in [5.74, 6) is 0. The summed E-state index contributed by atoms with van der Waals surface area (Å²) < 4.78 is 27.1. The summed E-state index contributed by atoms with van der Waals surface area (Å²) in [4.78, 5) is 3.93. The van der Waals surface area contributed by atoms with Gasteiger partial charge in [-0.1, -0.05) is 0 Å². The van der Waals surface area contributed by atoms with Crippen LogP contribution in [0.1, 0.15) is 33.4 Å². The van der Waals surface area contributed by atoms with Crippen LogP contribution in [0, 0.1) is 0 Å². The maximum atomic E-state index is 14.1. The van der Waals surface area contributed by atoms with Gasteiger partial charge in [-0.2, -0.15) is 0 Å². The van der Waals surface area contributed by atoms with E-state index in [0.29, 0.717) is 5.69 Å². The van der Waals surface area contributed by atoms with Crippen LogP contribution in [0.25, 0.3) is 6.08 Å². The Bertz CT molecular complexity index is 466. The fourth-order valence-electron chi connectivity index (χ4n) is 1.67. The van der Waals surface area contributed by atoms with Gasteiger partial charge in [0.2, 0.25) is 0 Å². The van der Waals surface area contributed by atoms with E-state index in [0.717, 1.165) is 0 Å². The van der Waals surface area contributed by atoms with Gasteiger partial charge in [-0.25, -0.2) is 9.37 Å². The number of aromatic nitrogens is 2. The van der Waals surface area contributed by atoms with Gasteiger partial charge in [0.1, 0.15) is 5.73 Å². The van der Waals surface area contributed by atoms with Crippen LogP contribution in [0.5, 0.6) is 0 Å². The smallest absolute Gasteiger partial charge is 0.398 e. The second kappa shape index (κ2) is 4.21. The molecule has 0 aliphatic carbocycles. The maximum absolute atomic E-state index is 14.1. The number of halogens is 1. The van der Waals surface area contributed by atoms with E-state index in [1.165, 1.54) is 6.08 Å². The predicted octanol–water partition coefficient (Wildman–Crippen LogP) is 2.36. The molecule has 1 aliphatic rings. The second-order valence-electron chi connectivity index (χ2n) is 5.55.